The number of benzene rings is 1. The van der Waals surface area contributed by atoms with Gasteiger partial charge in [-0.2, -0.15) is 8.78 Å². The Kier molecular flexibility index (Phi) is 6.39. The fraction of sp³-hybridized carbons (Fsp3) is 0.625. The van der Waals surface area contributed by atoms with Gasteiger partial charge in [0.25, 0.3) is 0 Å². The first-order chi connectivity index (χ1) is 10.6. The van der Waals surface area contributed by atoms with Crippen molar-refractivity contribution in [3.63, 3.8) is 0 Å². The molecule has 0 heterocycles. The third-order valence-corrected chi connectivity index (χ3v) is 3.85. The van der Waals surface area contributed by atoms with Crippen LogP contribution in [0.3, 0.4) is 0 Å². The monoisotopic (exact) mass is 315 g/mol. The molecule has 1 saturated carbocycles. The van der Waals surface area contributed by atoms with Gasteiger partial charge >= 0.3 is 6.61 Å². The Labute approximate surface area is 129 Å². The van der Waals surface area contributed by atoms with E-state index in [1.807, 2.05) is 0 Å². The van der Waals surface area contributed by atoms with Crippen molar-refractivity contribution in [1.29, 1.82) is 0 Å². The van der Waals surface area contributed by atoms with Crippen LogP contribution in [-0.4, -0.2) is 30.5 Å². The lowest BCUT2D eigenvalue weighted by molar-refractivity contribution is -0.0521. The Balaban J connectivity index is 2.03. The quantitative estimate of drug-likeness (QED) is 0.812. The van der Waals surface area contributed by atoms with E-state index in [-0.39, 0.29) is 11.9 Å². The second-order valence-corrected chi connectivity index (χ2v) is 5.44. The summed E-state index contributed by atoms with van der Waals surface area (Å²) in [6, 6.07) is 5.44. The molecule has 1 fully saturated rings. The molecule has 1 aromatic carbocycles. The molecule has 0 radical (unpaired) electrons. The highest BCUT2D eigenvalue weighted by atomic mass is 19.3. The molecule has 0 spiro atoms. The molecule has 0 bridgehead atoms. The number of aliphatic hydroxyl groups is 1. The molecule has 0 saturated heterocycles. The zero-order valence-corrected chi connectivity index (χ0v) is 12.7. The van der Waals surface area contributed by atoms with Crippen LogP contribution in [0.2, 0.25) is 0 Å². The van der Waals surface area contributed by atoms with Crippen LogP contribution in [0.1, 0.15) is 38.2 Å². The van der Waals surface area contributed by atoms with Gasteiger partial charge in [0.05, 0.1) is 12.7 Å². The number of aliphatic hydroxyl groups excluding tert-OH is 1. The third-order valence-electron chi connectivity index (χ3n) is 3.85. The molecule has 0 unspecified atom stereocenters. The van der Waals surface area contributed by atoms with E-state index in [1.165, 1.54) is 0 Å². The van der Waals surface area contributed by atoms with Gasteiger partial charge in [0.1, 0.15) is 0 Å². The van der Waals surface area contributed by atoms with Gasteiger partial charge in [-0.15, -0.1) is 0 Å². The average molecular weight is 315 g/mol. The van der Waals surface area contributed by atoms with E-state index in [0.717, 1.165) is 25.7 Å². The van der Waals surface area contributed by atoms with Crippen molar-refractivity contribution in [2.45, 2.75) is 57.9 Å². The van der Waals surface area contributed by atoms with E-state index in [1.54, 1.807) is 25.1 Å². The molecule has 4 nitrogen and oxygen atoms in total. The van der Waals surface area contributed by atoms with E-state index < -0.39 is 6.61 Å². The van der Waals surface area contributed by atoms with Crippen LogP contribution < -0.4 is 14.8 Å². The normalized spacial score (nSPS) is 21.9. The predicted octanol–water partition coefficient (Wildman–Crippen LogP) is 3.08. The summed E-state index contributed by atoms with van der Waals surface area (Å²) < 4.78 is 35.3. The number of halogens is 2. The summed E-state index contributed by atoms with van der Waals surface area (Å²) in [5.74, 6) is 0.434. The minimum atomic E-state index is -2.88. The summed E-state index contributed by atoms with van der Waals surface area (Å²) in [4.78, 5) is 0. The van der Waals surface area contributed by atoms with Crippen molar-refractivity contribution in [1.82, 2.24) is 5.32 Å². The number of nitrogens with one attached hydrogen (secondary N) is 1. The standard InChI is InChI=1S/C16H23F2NO3/c1-2-21-14-5-3-4-11(15(14)22-16(17)18)10-19-12-6-8-13(20)9-7-12/h3-5,12-13,16,19-20H,2,6-10H2,1H3. The topological polar surface area (TPSA) is 50.7 Å². The van der Waals surface area contributed by atoms with Crippen molar-refractivity contribution in [3.8, 4) is 11.5 Å². The molecule has 22 heavy (non-hydrogen) atoms. The number of ether oxygens (including phenoxy) is 2. The minimum Gasteiger partial charge on any atom is -0.490 e. The maximum atomic E-state index is 12.6. The first-order valence-electron chi connectivity index (χ1n) is 7.71. The molecule has 1 aromatic rings. The molecule has 1 aliphatic carbocycles. The van der Waals surface area contributed by atoms with Crippen molar-refractivity contribution in [2.24, 2.45) is 0 Å². The Morgan fingerprint density at radius 2 is 2.00 bits per heavy atom. The zero-order valence-electron chi connectivity index (χ0n) is 12.7. The number of hydrogen-bond donors (Lipinski definition) is 2. The number of hydrogen-bond acceptors (Lipinski definition) is 4. The Morgan fingerprint density at radius 1 is 1.27 bits per heavy atom. The number of para-hydroxylation sites is 1. The summed E-state index contributed by atoms with van der Waals surface area (Å²) in [5.41, 5.74) is 0.650. The van der Waals surface area contributed by atoms with Crippen LogP contribution in [0.25, 0.3) is 0 Å². The highest BCUT2D eigenvalue weighted by molar-refractivity contribution is 5.46. The van der Waals surface area contributed by atoms with Gasteiger partial charge < -0.3 is 19.9 Å². The fourth-order valence-corrected chi connectivity index (χ4v) is 2.73. The van der Waals surface area contributed by atoms with Gasteiger partial charge in [0, 0.05) is 18.2 Å². The smallest absolute Gasteiger partial charge is 0.387 e. The second-order valence-electron chi connectivity index (χ2n) is 5.44. The molecule has 0 atom stereocenters. The summed E-state index contributed by atoms with van der Waals surface area (Å²) in [7, 11) is 0. The van der Waals surface area contributed by atoms with Crippen LogP contribution in [0.15, 0.2) is 18.2 Å². The molecular formula is C16H23F2NO3. The molecule has 0 amide bonds. The van der Waals surface area contributed by atoms with Gasteiger partial charge in [-0.25, -0.2) is 0 Å². The van der Waals surface area contributed by atoms with E-state index in [4.69, 9.17) is 4.74 Å². The van der Waals surface area contributed by atoms with E-state index in [0.29, 0.717) is 30.5 Å². The molecule has 6 heteroatoms. The van der Waals surface area contributed by atoms with Crippen LogP contribution in [0, 0.1) is 0 Å². The number of alkyl halides is 2. The molecule has 0 aromatic heterocycles. The van der Waals surface area contributed by atoms with E-state index in [9.17, 15) is 13.9 Å². The van der Waals surface area contributed by atoms with Crippen molar-refractivity contribution >= 4 is 0 Å². The lowest BCUT2D eigenvalue weighted by Gasteiger charge is -2.26. The Hall–Kier alpha value is -1.40. The second kappa shape index (κ2) is 8.29. The van der Waals surface area contributed by atoms with Gasteiger partial charge in [-0.1, -0.05) is 12.1 Å². The Morgan fingerprint density at radius 3 is 2.64 bits per heavy atom. The van der Waals surface area contributed by atoms with Gasteiger partial charge in [0.15, 0.2) is 11.5 Å². The van der Waals surface area contributed by atoms with Crippen LogP contribution in [0.5, 0.6) is 11.5 Å². The van der Waals surface area contributed by atoms with Crippen LogP contribution in [0.4, 0.5) is 8.78 Å². The largest absolute Gasteiger partial charge is 0.490 e. The molecule has 1 aliphatic rings. The lowest BCUT2D eigenvalue weighted by atomic mass is 9.93. The van der Waals surface area contributed by atoms with Crippen molar-refractivity contribution in [2.75, 3.05) is 6.61 Å². The van der Waals surface area contributed by atoms with Gasteiger partial charge in [0.2, 0.25) is 0 Å². The van der Waals surface area contributed by atoms with E-state index in [2.05, 4.69) is 10.1 Å². The van der Waals surface area contributed by atoms with Crippen molar-refractivity contribution in [3.05, 3.63) is 23.8 Å². The average Bonchev–Trinajstić information content (AvgIpc) is 2.49. The summed E-state index contributed by atoms with van der Waals surface area (Å²) >= 11 is 0. The van der Waals surface area contributed by atoms with Gasteiger partial charge in [-0.05, 0) is 38.7 Å². The zero-order chi connectivity index (χ0) is 15.9. The molecule has 2 rings (SSSR count). The molecule has 124 valence electrons. The first kappa shape index (κ1) is 17.0. The maximum Gasteiger partial charge on any atom is 0.387 e. The highest BCUT2D eigenvalue weighted by Gasteiger charge is 2.20. The van der Waals surface area contributed by atoms with Gasteiger partial charge in [-0.3, -0.25) is 0 Å². The molecule has 0 aliphatic heterocycles. The van der Waals surface area contributed by atoms with Crippen LogP contribution >= 0.6 is 0 Å². The highest BCUT2D eigenvalue weighted by Crippen LogP contribution is 2.33. The maximum absolute atomic E-state index is 12.6. The first-order valence-corrected chi connectivity index (χ1v) is 7.71. The molecular weight excluding hydrogens is 292 g/mol. The molecule has 2 N–H and O–H groups in total. The fourth-order valence-electron chi connectivity index (χ4n) is 2.73. The van der Waals surface area contributed by atoms with Crippen LogP contribution in [-0.2, 0) is 6.54 Å². The predicted molar refractivity (Wildman–Crippen MR) is 79.3 cm³/mol. The summed E-state index contributed by atoms with van der Waals surface area (Å²) in [6.07, 6.45) is 3.11. The lowest BCUT2D eigenvalue weighted by Crippen LogP contribution is -2.34. The third kappa shape index (κ3) is 4.81. The summed E-state index contributed by atoms with van der Waals surface area (Å²) in [5, 5.41) is 12.9. The SMILES string of the molecule is CCOc1cccc(CNC2CCC(O)CC2)c1OC(F)F. The van der Waals surface area contributed by atoms with E-state index >= 15 is 0 Å². The number of rotatable bonds is 7. The summed E-state index contributed by atoms with van der Waals surface area (Å²) in [6.45, 7) is -0.268. The minimum absolute atomic E-state index is 0.0997. The van der Waals surface area contributed by atoms with Crippen molar-refractivity contribution < 1.29 is 23.4 Å². The Bertz CT molecular complexity index is 463.